The summed E-state index contributed by atoms with van der Waals surface area (Å²) in [5.74, 6) is 3.52. The minimum Gasteiger partial charge on any atom is -0.365 e. The monoisotopic (exact) mass is 447 g/mol. The molecule has 1 aliphatic rings. The molecule has 1 aliphatic heterocycles. The maximum absolute atomic E-state index is 4.97. The number of fused-ring (bicyclic) bond motifs is 1. The van der Waals surface area contributed by atoms with Gasteiger partial charge in [0.05, 0.1) is 11.9 Å². The summed E-state index contributed by atoms with van der Waals surface area (Å²) in [4.78, 5) is 23.4. The number of hydrogen-bond acceptors (Lipinski definition) is 7. The number of thiophene rings is 1. The summed E-state index contributed by atoms with van der Waals surface area (Å²) in [5.41, 5.74) is 2.37. The predicted octanol–water partition coefficient (Wildman–Crippen LogP) is 4.73. The molecule has 166 valence electrons. The van der Waals surface area contributed by atoms with Crippen molar-refractivity contribution < 1.29 is 0 Å². The molecule has 5 rings (SSSR count). The molecule has 1 N–H and O–H groups in total. The van der Waals surface area contributed by atoms with Crippen LogP contribution in [0.3, 0.4) is 0 Å². The number of nitrogens with one attached hydrogen (secondary N) is 1. The Morgan fingerprint density at radius 1 is 1.16 bits per heavy atom. The maximum atomic E-state index is 4.97. The molecule has 0 aliphatic carbocycles. The number of piperidine rings is 1. The number of hydrogen-bond donors (Lipinski definition) is 1. The Hall–Kier alpha value is -2.84. The topological polar surface area (TPSA) is 71.8 Å². The van der Waals surface area contributed by atoms with Crippen LogP contribution in [0.2, 0.25) is 0 Å². The number of anilines is 1. The Balaban J connectivity index is 1.37. The summed E-state index contributed by atoms with van der Waals surface area (Å²) in [6, 6.07) is 4.10. The fourth-order valence-corrected chi connectivity index (χ4v) is 5.22. The number of imidazole rings is 1. The number of aromatic nitrogens is 5. The highest BCUT2D eigenvalue weighted by Gasteiger charge is 2.19. The molecule has 0 atom stereocenters. The van der Waals surface area contributed by atoms with Crippen LogP contribution in [-0.4, -0.2) is 42.5 Å². The van der Waals surface area contributed by atoms with Gasteiger partial charge in [-0.1, -0.05) is 13.0 Å². The van der Waals surface area contributed by atoms with Gasteiger partial charge in [0.25, 0.3) is 0 Å². The van der Waals surface area contributed by atoms with Gasteiger partial charge in [0.2, 0.25) is 0 Å². The third kappa shape index (κ3) is 4.38. The van der Waals surface area contributed by atoms with Crippen molar-refractivity contribution in [3.05, 3.63) is 58.9 Å². The van der Waals surface area contributed by atoms with Gasteiger partial charge >= 0.3 is 0 Å². The summed E-state index contributed by atoms with van der Waals surface area (Å²) in [6.07, 6.45) is 9.82. The first-order valence-corrected chi connectivity index (χ1v) is 12.0. The van der Waals surface area contributed by atoms with E-state index in [4.69, 9.17) is 9.97 Å². The second kappa shape index (κ2) is 8.96. The molecule has 4 aromatic heterocycles. The Morgan fingerprint density at radius 2 is 2.00 bits per heavy atom. The molecule has 0 unspecified atom stereocenters. The van der Waals surface area contributed by atoms with Crippen LogP contribution in [0.5, 0.6) is 0 Å². The first-order valence-electron chi connectivity index (χ1n) is 11.2. The fraction of sp³-hybridized carbons (Fsp3) is 0.417. The van der Waals surface area contributed by atoms with Crippen LogP contribution >= 0.6 is 11.3 Å². The van der Waals surface area contributed by atoms with Gasteiger partial charge in [-0.3, -0.25) is 9.47 Å². The average Bonchev–Trinajstić information content (AvgIpc) is 3.43. The van der Waals surface area contributed by atoms with Gasteiger partial charge in [-0.25, -0.2) is 19.9 Å². The van der Waals surface area contributed by atoms with Gasteiger partial charge in [0.15, 0.2) is 0 Å². The summed E-state index contributed by atoms with van der Waals surface area (Å²) in [5, 5.41) is 4.72. The zero-order chi connectivity index (χ0) is 22.1. The van der Waals surface area contributed by atoms with Crippen LogP contribution in [0.1, 0.15) is 41.6 Å². The van der Waals surface area contributed by atoms with Gasteiger partial charge in [0, 0.05) is 30.0 Å². The van der Waals surface area contributed by atoms with Gasteiger partial charge in [-0.2, -0.15) is 0 Å². The lowest BCUT2D eigenvalue weighted by Crippen LogP contribution is -2.33. The second-order valence-corrected chi connectivity index (χ2v) is 9.96. The molecule has 1 saturated heterocycles. The predicted molar refractivity (Wildman–Crippen MR) is 129 cm³/mol. The van der Waals surface area contributed by atoms with Crippen LogP contribution in [0.25, 0.3) is 16.0 Å². The first kappa shape index (κ1) is 21.0. The van der Waals surface area contributed by atoms with E-state index in [0.717, 1.165) is 58.8 Å². The normalized spacial score (nSPS) is 15.5. The summed E-state index contributed by atoms with van der Waals surface area (Å²) in [6.45, 7) is 10.4. The van der Waals surface area contributed by atoms with Crippen molar-refractivity contribution in [2.45, 2.75) is 46.7 Å². The summed E-state index contributed by atoms with van der Waals surface area (Å²) < 4.78 is 1.90. The van der Waals surface area contributed by atoms with E-state index < -0.39 is 0 Å². The van der Waals surface area contributed by atoms with Crippen LogP contribution in [0.15, 0.2) is 37.1 Å². The number of aryl methyl sites for hydroxylation is 2. The van der Waals surface area contributed by atoms with Crippen molar-refractivity contribution >= 4 is 27.4 Å². The number of rotatable bonds is 6. The Morgan fingerprint density at radius 3 is 2.72 bits per heavy atom. The average molecular weight is 448 g/mol. The molecule has 0 aromatic carbocycles. The van der Waals surface area contributed by atoms with Crippen molar-refractivity contribution in [2.75, 3.05) is 18.4 Å². The smallest absolute Gasteiger partial charge is 0.146 e. The minimum atomic E-state index is 0.665. The van der Waals surface area contributed by atoms with E-state index in [1.54, 1.807) is 23.9 Å². The highest BCUT2D eigenvalue weighted by molar-refractivity contribution is 7.18. The molecular weight excluding hydrogens is 418 g/mol. The third-order valence-electron chi connectivity index (χ3n) is 6.35. The van der Waals surface area contributed by atoms with Crippen LogP contribution in [0, 0.1) is 19.8 Å². The van der Waals surface area contributed by atoms with Crippen molar-refractivity contribution in [2.24, 2.45) is 5.92 Å². The standard InChI is InChI=1S/C24H29N7S/c1-16-6-9-30(10-7-16)14-20-28-23(22-17(2)18(3)32-24(22)29-20)27-13-19-4-5-21(26-12-19)31-11-8-25-15-31/h4-5,8,11-12,15-16H,6-7,9-10,13-14H2,1-3H3,(H,27,28,29). The first-order chi connectivity index (χ1) is 15.6. The fourth-order valence-electron chi connectivity index (χ4n) is 4.17. The molecule has 0 radical (unpaired) electrons. The zero-order valence-corrected chi connectivity index (χ0v) is 19.7. The highest BCUT2D eigenvalue weighted by atomic mass is 32.1. The second-order valence-electron chi connectivity index (χ2n) is 8.76. The quantitative estimate of drug-likeness (QED) is 0.461. The maximum Gasteiger partial charge on any atom is 0.146 e. The third-order valence-corrected chi connectivity index (χ3v) is 7.46. The van der Waals surface area contributed by atoms with Gasteiger partial charge < -0.3 is 5.32 Å². The van der Waals surface area contributed by atoms with Crippen LogP contribution < -0.4 is 5.32 Å². The van der Waals surface area contributed by atoms with Crippen molar-refractivity contribution in [1.82, 2.24) is 29.4 Å². The largest absolute Gasteiger partial charge is 0.365 e. The van der Waals surface area contributed by atoms with Crippen LogP contribution in [-0.2, 0) is 13.1 Å². The highest BCUT2D eigenvalue weighted by Crippen LogP contribution is 2.34. The van der Waals surface area contributed by atoms with E-state index in [9.17, 15) is 0 Å². The van der Waals surface area contributed by atoms with E-state index in [1.165, 1.54) is 23.3 Å². The Bertz CT molecular complexity index is 1190. The molecule has 7 nitrogen and oxygen atoms in total. The molecule has 4 aromatic rings. The molecular formula is C24H29N7S. The molecule has 0 spiro atoms. The molecule has 0 amide bonds. The van der Waals surface area contributed by atoms with Gasteiger partial charge in [0.1, 0.15) is 28.6 Å². The molecule has 5 heterocycles. The molecule has 1 fully saturated rings. The lowest BCUT2D eigenvalue weighted by Gasteiger charge is -2.29. The molecule has 0 saturated carbocycles. The number of pyridine rings is 1. The van der Waals surface area contributed by atoms with Crippen molar-refractivity contribution in [3.63, 3.8) is 0 Å². The number of likely N-dealkylation sites (tertiary alicyclic amines) is 1. The molecule has 0 bridgehead atoms. The zero-order valence-electron chi connectivity index (χ0n) is 18.9. The van der Waals surface area contributed by atoms with Crippen LogP contribution in [0.4, 0.5) is 5.82 Å². The van der Waals surface area contributed by atoms with Gasteiger partial charge in [-0.05, 0) is 62.9 Å². The van der Waals surface area contributed by atoms with Crippen molar-refractivity contribution in [3.8, 4) is 5.82 Å². The minimum absolute atomic E-state index is 0.665. The Labute approximate surface area is 192 Å². The van der Waals surface area contributed by atoms with Crippen molar-refractivity contribution in [1.29, 1.82) is 0 Å². The van der Waals surface area contributed by atoms with Gasteiger partial charge in [-0.15, -0.1) is 11.3 Å². The van der Waals surface area contributed by atoms with E-state index in [-0.39, 0.29) is 0 Å². The van der Waals surface area contributed by atoms with E-state index in [2.05, 4.69) is 47.0 Å². The summed E-state index contributed by atoms with van der Waals surface area (Å²) in [7, 11) is 0. The molecule has 8 heteroatoms. The lowest BCUT2D eigenvalue weighted by atomic mass is 9.99. The van der Waals surface area contributed by atoms with E-state index in [1.807, 2.05) is 23.0 Å². The van der Waals surface area contributed by atoms with E-state index >= 15 is 0 Å². The number of nitrogens with zero attached hydrogens (tertiary/aromatic N) is 6. The van der Waals surface area contributed by atoms with E-state index in [0.29, 0.717) is 6.54 Å². The summed E-state index contributed by atoms with van der Waals surface area (Å²) >= 11 is 1.76. The lowest BCUT2D eigenvalue weighted by molar-refractivity contribution is 0.181. The molecule has 32 heavy (non-hydrogen) atoms. The Kier molecular flexibility index (Phi) is 5.89. The SMILES string of the molecule is Cc1sc2nc(CN3CCC(C)CC3)nc(NCc3ccc(-n4ccnc4)nc3)c2c1C.